The average molecular weight is 269 g/mol. The monoisotopic (exact) mass is 269 g/mol. The number of anilines is 1. The first-order valence-corrected chi connectivity index (χ1v) is 7.59. The molecule has 1 N–H and O–H groups in total. The highest BCUT2D eigenvalue weighted by Gasteiger charge is 2.35. The average Bonchev–Trinajstić information content (AvgIpc) is 3.20. The summed E-state index contributed by atoms with van der Waals surface area (Å²) >= 11 is 1.91. The van der Waals surface area contributed by atoms with Crippen LogP contribution in [0.3, 0.4) is 0 Å². The Balaban J connectivity index is 1.58. The highest BCUT2D eigenvalue weighted by atomic mass is 32.2. The van der Waals surface area contributed by atoms with Crippen molar-refractivity contribution in [2.24, 2.45) is 10.9 Å². The minimum atomic E-state index is 0.708. The van der Waals surface area contributed by atoms with Crippen LogP contribution >= 0.6 is 11.8 Å². The van der Waals surface area contributed by atoms with Gasteiger partial charge in [0, 0.05) is 34.1 Å². The van der Waals surface area contributed by atoms with Gasteiger partial charge < -0.3 is 5.32 Å². The Morgan fingerprint density at radius 1 is 1.21 bits per heavy atom. The number of rotatable bonds is 2. The minimum absolute atomic E-state index is 0.708. The third kappa shape index (κ3) is 2.21. The quantitative estimate of drug-likeness (QED) is 0.906. The topological polar surface area (TPSA) is 37.3 Å². The van der Waals surface area contributed by atoms with Crippen molar-refractivity contribution in [2.45, 2.75) is 18.1 Å². The molecule has 96 valence electrons. The summed E-state index contributed by atoms with van der Waals surface area (Å²) in [6.45, 7) is 0.976. The fourth-order valence-electron chi connectivity index (χ4n) is 2.52. The molecule has 2 heterocycles. The molecule has 1 atom stereocenters. The smallest absolute Gasteiger partial charge is 0.161 e. The zero-order chi connectivity index (χ0) is 12.7. The second-order valence-electron chi connectivity index (χ2n) is 5.17. The van der Waals surface area contributed by atoms with E-state index in [1.54, 1.807) is 0 Å². The van der Waals surface area contributed by atoms with Crippen LogP contribution in [0.5, 0.6) is 0 Å². The number of hydrogen-bond donors (Lipinski definition) is 1. The molecule has 1 aromatic heterocycles. The molecule has 0 amide bonds. The van der Waals surface area contributed by atoms with Crippen molar-refractivity contribution in [1.29, 1.82) is 0 Å². The molecular formula is C15H15N3S. The maximum absolute atomic E-state index is 4.63. The van der Waals surface area contributed by atoms with E-state index in [0.29, 0.717) is 5.25 Å². The van der Waals surface area contributed by atoms with E-state index in [1.807, 2.05) is 24.2 Å². The van der Waals surface area contributed by atoms with Gasteiger partial charge in [-0.15, -0.1) is 0 Å². The lowest BCUT2D eigenvalue weighted by Crippen LogP contribution is -2.09. The molecule has 0 saturated heterocycles. The lowest BCUT2D eigenvalue weighted by molar-refractivity contribution is 0.773. The van der Waals surface area contributed by atoms with Crippen molar-refractivity contribution in [3.63, 3.8) is 0 Å². The Kier molecular flexibility index (Phi) is 2.69. The molecule has 1 saturated carbocycles. The largest absolute Gasteiger partial charge is 0.334 e. The van der Waals surface area contributed by atoms with Crippen LogP contribution in [0.15, 0.2) is 41.7 Å². The van der Waals surface area contributed by atoms with Crippen LogP contribution in [-0.2, 0) is 0 Å². The van der Waals surface area contributed by atoms with Gasteiger partial charge in [0.2, 0.25) is 0 Å². The Morgan fingerprint density at radius 3 is 3.05 bits per heavy atom. The summed E-state index contributed by atoms with van der Waals surface area (Å²) in [6.07, 6.45) is 6.52. The Labute approximate surface area is 116 Å². The van der Waals surface area contributed by atoms with E-state index in [0.717, 1.165) is 28.7 Å². The van der Waals surface area contributed by atoms with Crippen LogP contribution in [0.4, 0.5) is 5.69 Å². The van der Waals surface area contributed by atoms with Crippen molar-refractivity contribution >= 4 is 33.4 Å². The van der Waals surface area contributed by atoms with Crippen molar-refractivity contribution in [1.82, 2.24) is 4.98 Å². The minimum Gasteiger partial charge on any atom is -0.334 e. The third-order valence-corrected chi connectivity index (χ3v) is 5.04. The van der Waals surface area contributed by atoms with E-state index in [4.69, 9.17) is 0 Å². The zero-order valence-electron chi connectivity index (χ0n) is 10.5. The van der Waals surface area contributed by atoms with Gasteiger partial charge in [0.15, 0.2) is 5.17 Å². The highest BCUT2D eigenvalue weighted by molar-refractivity contribution is 8.15. The molecule has 3 nitrogen and oxygen atoms in total. The van der Waals surface area contributed by atoms with E-state index in [2.05, 4.69) is 39.6 Å². The summed E-state index contributed by atoms with van der Waals surface area (Å²) in [5.41, 5.74) is 1.13. The number of benzene rings is 1. The fraction of sp³-hybridized carbons (Fsp3) is 0.333. The molecular weight excluding hydrogens is 254 g/mol. The van der Waals surface area contributed by atoms with Crippen molar-refractivity contribution in [2.75, 3.05) is 11.9 Å². The summed E-state index contributed by atoms with van der Waals surface area (Å²) in [7, 11) is 0. The second-order valence-corrected chi connectivity index (χ2v) is 6.39. The molecule has 1 aliphatic carbocycles. The van der Waals surface area contributed by atoms with Gasteiger partial charge >= 0.3 is 0 Å². The maximum atomic E-state index is 4.63. The van der Waals surface area contributed by atoms with E-state index < -0.39 is 0 Å². The molecule has 4 rings (SSSR count). The maximum Gasteiger partial charge on any atom is 0.161 e. The molecule has 0 radical (unpaired) electrons. The number of aromatic nitrogens is 1. The van der Waals surface area contributed by atoms with E-state index in [1.165, 1.54) is 18.2 Å². The Hall–Kier alpha value is -1.55. The molecule has 2 aliphatic rings. The molecule has 1 unspecified atom stereocenters. The molecule has 0 spiro atoms. The van der Waals surface area contributed by atoms with Gasteiger partial charge in [-0.3, -0.25) is 9.98 Å². The number of amidine groups is 1. The normalized spacial score (nSPS) is 22.5. The lowest BCUT2D eigenvalue weighted by atomic mass is 10.1. The molecule has 1 aliphatic heterocycles. The van der Waals surface area contributed by atoms with Crippen LogP contribution < -0.4 is 5.32 Å². The van der Waals surface area contributed by atoms with Crippen LogP contribution in [-0.4, -0.2) is 21.9 Å². The number of nitrogens with zero attached hydrogens (tertiary/aromatic N) is 2. The molecule has 1 aromatic carbocycles. The first kappa shape index (κ1) is 11.3. The summed E-state index contributed by atoms with van der Waals surface area (Å²) in [4.78, 5) is 8.80. The van der Waals surface area contributed by atoms with E-state index in [9.17, 15) is 0 Å². The van der Waals surface area contributed by atoms with Gasteiger partial charge in [-0.05, 0) is 30.9 Å². The van der Waals surface area contributed by atoms with E-state index >= 15 is 0 Å². The number of nitrogens with one attached hydrogen (secondary N) is 1. The van der Waals surface area contributed by atoms with Crippen LogP contribution in [0.2, 0.25) is 0 Å². The van der Waals surface area contributed by atoms with Crippen LogP contribution in [0, 0.1) is 5.92 Å². The van der Waals surface area contributed by atoms with Gasteiger partial charge in [0.1, 0.15) is 0 Å². The number of thioether (sulfide) groups is 1. The van der Waals surface area contributed by atoms with Gasteiger partial charge in [-0.25, -0.2) is 0 Å². The summed E-state index contributed by atoms with van der Waals surface area (Å²) < 4.78 is 0. The van der Waals surface area contributed by atoms with Crippen molar-refractivity contribution in [3.05, 3.63) is 36.7 Å². The fourth-order valence-corrected chi connectivity index (χ4v) is 3.74. The van der Waals surface area contributed by atoms with Crippen LogP contribution in [0.1, 0.15) is 12.8 Å². The van der Waals surface area contributed by atoms with Crippen molar-refractivity contribution in [3.8, 4) is 0 Å². The standard InChI is InChI=1S/C15H15N3S/c1-2-11-8-16-7-6-12(11)13(3-1)18-15-17-9-14(19-15)10-4-5-10/h1-3,6-8,10,14H,4-5,9H2,(H,17,18). The molecule has 1 fully saturated rings. The van der Waals surface area contributed by atoms with Gasteiger partial charge in [0.05, 0.1) is 6.54 Å². The first-order chi connectivity index (χ1) is 9.40. The van der Waals surface area contributed by atoms with Crippen molar-refractivity contribution < 1.29 is 0 Å². The van der Waals surface area contributed by atoms with Gasteiger partial charge in [-0.1, -0.05) is 23.9 Å². The van der Waals surface area contributed by atoms with Crippen LogP contribution in [0.25, 0.3) is 10.8 Å². The predicted molar refractivity (Wildman–Crippen MR) is 81.8 cm³/mol. The first-order valence-electron chi connectivity index (χ1n) is 6.71. The number of fused-ring (bicyclic) bond motifs is 1. The number of pyridine rings is 1. The zero-order valence-corrected chi connectivity index (χ0v) is 11.4. The predicted octanol–water partition coefficient (Wildman–Crippen LogP) is 3.53. The van der Waals surface area contributed by atoms with Gasteiger partial charge in [-0.2, -0.15) is 0 Å². The summed E-state index contributed by atoms with van der Waals surface area (Å²) in [5.74, 6) is 0.907. The molecule has 0 bridgehead atoms. The summed E-state index contributed by atoms with van der Waals surface area (Å²) in [6, 6.07) is 8.31. The highest BCUT2D eigenvalue weighted by Crippen LogP contribution is 2.42. The number of hydrogen-bond acceptors (Lipinski definition) is 4. The molecule has 19 heavy (non-hydrogen) atoms. The Bertz CT molecular complexity index is 643. The van der Waals surface area contributed by atoms with E-state index in [-0.39, 0.29) is 0 Å². The lowest BCUT2D eigenvalue weighted by Gasteiger charge is -2.10. The molecule has 2 aromatic rings. The molecule has 4 heteroatoms. The Morgan fingerprint density at radius 2 is 2.16 bits per heavy atom. The van der Waals surface area contributed by atoms with Gasteiger partial charge in [0.25, 0.3) is 0 Å². The summed E-state index contributed by atoms with van der Waals surface area (Å²) in [5, 5.41) is 7.63. The second kappa shape index (κ2) is 4.53. The third-order valence-electron chi connectivity index (χ3n) is 3.75. The number of aliphatic imine (C=N–C) groups is 1. The SMILES string of the molecule is c1cc(NC2=NCC(C3CC3)S2)c2ccncc2c1.